The van der Waals surface area contributed by atoms with Crippen LogP contribution in [-0.4, -0.2) is 29.3 Å². The predicted molar refractivity (Wildman–Crippen MR) is 93.3 cm³/mol. The Kier molecular flexibility index (Phi) is 5.85. The molecule has 20 heavy (non-hydrogen) atoms. The highest BCUT2D eigenvalue weighted by Gasteiger charge is 2.38. The molecule has 1 atom stereocenters. The zero-order chi connectivity index (χ0) is 15.7. The largest absolute Gasteiger partial charge is 0.412 e. The quantitative estimate of drug-likeness (QED) is 0.595. The highest BCUT2D eigenvalue weighted by molar-refractivity contribution is 14.1. The number of aryl methyl sites for hydroxylation is 1. The molecule has 1 aromatic rings. The summed E-state index contributed by atoms with van der Waals surface area (Å²) in [5.41, 5.74) is 1.85. The summed E-state index contributed by atoms with van der Waals surface area (Å²) in [6, 6.07) is 0. The third-order valence-electron chi connectivity index (χ3n) is 4.04. The van der Waals surface area contributed by atoms with E-state index in [9.17, 15) is 5.11 Å². The second-order valence-corrected chi connectivity index (χ2v) is 12.7. The van der Waals surface area contributed by atoms with E-state index >= 15 is 0 Å². The van der Waals surface area contributed by atoms with Gasteiger partial charge in [0.2, 0.25) is 0 Å². The lowest BCUT2D eigenvalue weighted by Crippen LogP contribution is -2.44. The van der Waals surface area contributed by atoms with Gasteiger partial charge in [0.05, 0.1) is 34.2 Å². The van der Waals surface area contributed by atoms with Gasteiger partial charge in [0.15, 0.2) is 8.32 Å². The van der Waals surface area contributed by atoms with Gasteiger partial charge in [-0.25, -0.2) is 0 Å². The van der Waals surface area contributed by atoms with Gasteiger partial charge in [-0.05, 0) is 54.6 Å². The number of nitrogens with zero attached hydrogens (tertiary/aromatic N) is 2. The van der Waals surface area contributed by atoms with Crippen molar-refractivity contribution in [1.29, 1.82) is 0 Å². The van der Waals surface area contributed by atoms with E-state index in [2.05, 4.69) is 68.5 Å². The Balaban J connectivity index is 2.82. The predicted octanol–water partition coefficient (Wildman–Crippen LogP) is 3.70. The molecular formula is C14H27IN2O2Si. The van der Waals surface area contributed by atoms with E-state index in [1.807, 2.05) is 11.6 Å². The first-order valence-corrected chi connectivity index (χ1v) is 11.0. The maximum atomic E-state index is 9.49. The van der Waals surface area contributed by atoms with Gasteiger partial charge in [0, 0.05) is 0 Å². The van der Waals surface area contributed by atoms with Crippen LogP contribution in [0.1, 0.15) is 39.1 Å². The Labute approximate surface area is 137 Å². The van der Waals surface area contributed by atoms with Crippen molar-refractivity contribution in [2.75, 3.05) is 0 Å². The maximum Gasteiger partial charge on any atom is 0.192 e. The number of aliphatic hydroxyl groups excluding tert-OH is 1. The number of halogens is 1. The molecular weight excluding hydrogens is 383 g/mol. The van der Waals surface area contributed by atoms with Gasteiger partial charge in [-0.3, -0.25) is 4.68 Å². The molecule has 0 radical (unpaired) electrons. The summed E-state index contributed by atoms with van der Waals surface area (Å²) in [5, 5.41) is 14.2. The number of aromatic nitrogens is 2. The van der Waals surface area contributed by atoms with Gasteiger partial charge in [0.1, 0.15) is 0 Å². The fourth-order valence-corrected chi connectivity index (χ4v) is 3.86. The third kappa shape index (κ3) is 4.05. The molecule has 0 saturated carbocycles. The Hall–Kier alpha value is 0.0769. The zero-order valence-corrected chi connectivity index (χ0v) is 16.8. The van der Waals surface area contributed by atoms with Crippen molar-refractivity contribution in [2.45, 2.75) is 72.0 Å². The first kappa shape index (κ1) is 18.1. The van der Waals surface area contributed by atoms with Crippen LogP contribution < -0.4 is 0 Å². The average molecular weight is 410 g/mol. The van der Waals surface area contributed by atoms with Crippen LogP contribution in [0.3, 0.4) is 0 Å². The van der Waals surface area contributed by atoms with Gasteiger partial charge in [0.25, 0.3) is 0 Å². The smallest absolute Gasteiger partial charge is 0.192 e. The van der Waals surface area contributed by atoms with Crippen molar-refractivity contribution in [3.8, 4) is 0 Å². The molecule has 0 unspecified atom stereocenters. The van der Waals surface area contributed by atoms with Crippen LogP contribution in [0.25, 0.3) is 0 Å². The Bertz CT molecular complexity index is 466. The summed E-state index contributed by atoms with van der Waals surface area (Å²) in [4.78, 5) is 0. The minimum Gasteiger partial charge on any atom is -0.412 e. The summed E-state index contributed by atoms with van der Waals surface area (Å²) < 4.78 is 9.28. The summed E-state index contributed by atoms with van der Waals surface area (Å²) >= 11 is 2.24. The SMILES string of the molecule is Cc1nn(C[C@H](C)O[Si](C)(C)C(C)(C)C)c(CO)c1I. The van der Waals surface area contributed by atoms with Gasteiger partial charge < -0.3 is 9.53 Å². The number of aliphatic hydroxyl groups is 1. The zero-order valence-electron chi connectivity index (χ0n) is 13.6. The third-order valence-corrected chi connectivity index (χ3v) is 10.0. The molecule has 0 aromatic carbocycles. The normalized spacial score (nSPS) is 14.7. The molecule has 116 valence electrons. The average Bonchev–Trinajstić information content (AvgIpc) is 2.51. The highest BCUT2D eigenvalue weighted by atomic mass is 127. The molecule has 1 aromatic heterocycles. The fraction of sp³-hybridized carbons (Fsp3) is 0.786. The lowest BCUT2D eigenvalue weighted by atomic mass is 10.2. The Morgan fingerprint density at radius 3 is 2.40 bits per heavy atom. The van der Waals surface area contributed by atoms with Crippen molar-refractivity contribution in [1.82, 2.24) is 9.78 Å². The van der Waals surface area contributed by atoms with Crippen LogP contribution in [0.5, 0.6) is 0 Å². The van der Waals surface area contributed by atoms with E-state index in [1.165, 1.54) is 0 Å². The van der Waals surface area contributed by atoms with Crippen molar-refractivity contribution >= 4 is 30.9 Å². The van der Waals surface area contributed by atoms with Crippen molar-refractivity contribution in [3.05, 3.63) is 15.0 Å². The molecule has 0 amide bonds. The van der Waals surface area contributed by atoms with Crippen LogP contribution in [-0.2, 0) is 17.6 Å². The van der Waals surface area contributed by atoms with E-state index in [4.69, 9.17) is 4.43 Å². The summed E-state index contributed by atoms with van der Waals surface area (Å²) in [6.45, 7) is 16.0. The fourth-order valence-electron chi connectivity index (χ4n) is 1.87. The van der Waals surface area contributed by atoms with Crippen molar-refractivity contribution in [3.63, 3.8) is 0 Å². The minimum atomic E-state index is -1.76. The lowest BCUT2D eigenvalue weighted by molar-refractivity contribution is 0.168. The maximum absolute atomic E-state index is 9.49. The first-order chi connectivity index (χ1) is 8.99. The second kappa shape index (κ2) is 6.45. The molecule has 4 nitrogen and oxygen atoms in total. The van der Waals surface area contributed by atoms with E-state index in [0.717, 1.165) is 15.0 Å². The van der Waals surface area contributed by atoms with E-state index in [-0.39, 0.29) is 17.7 Å². The molecule has 0 bridgehead atoms. The molecule has 1 rings (SSSR count). The van der Waals surface area contributed by atoms with Crippen LogP contribution in [0.2, 0.25) is 18.1 Å². The lowest BCUT2D eigenvalue weighted by Gasteiger charge is -2.38. The number of rotatable bonds is 5. The second-order valence-electron chi connectivity index (χ2n) is 6.88. The topological polar surface area (TPSA) is 47.3 Å². The van der Waals surface area contributed by atoms with E-state index in [1.54, 1.807) is 0 Å². The molecule has 0 saturated heterocycles. The number of hydrogen-bond donors (Lipinski definition) is 1. The van der Waals surface area contributed by atoms with Gasteiger partial charge in [-0.15, -0.1) is 0 Å². The molecule has 0 aliphatic rings. The molecule has 0 spiro atoms. The van der Waals surface area contributed by atoms with Crippen LogP contribution >= 0.6 is 22.6 Å². The molecule has 0 aliphatic carbocycles. The Morgan fingerprint density at radius 2 is 1.95 bits per heavy atom. The summed E-state index contributed by atoms with van der Waals surface area (Å²) in [6.07, 6.45) is 0.0938. The van der Waals surface area contributed by atoms with Crippen LogP contribution in [0.4, 0.5) is 0 Å². The Morgan fingerprint density at radius 1 is 1.40 bits per heavy atom. The summed E-state index contributed by atoms with van der Waals surface area (Å²) in [7, 11) is -1.76. The molecule has 1 heterocycles. The minimum absolute atomic E-state index is 0.0198. The van der Waals surface area contributed by atoms with Gasteiger partial charge >= 0.3 is 0 Å². The number of hydrogen-bond acceptors (Lipinski definition) is 3. The molecule has 0 fully saturated rings. The van der Waals surface area contributed by atoms with Gasteiger partial charge in [-0.1, -0.05) is 20.8 Å². The van der Waals surface area contributed by atoms with Gasteiger partial charge in [-0.2, -0.15) is 5.10 Å². The molecule has 0 aliphatic heterocycles. The van der Waals surface area contributed by atoms with Crippen LogP contribution in [0.15, 0.2) is 0 Å². The van der Waals surface area contributed by atoms with E-state index in [0.29, 0.717) is 6.54 Å². The van der Waals surface area contributed by atoms with E-state index < -0.39 is 8.32 Å². The first-order valence-electron chi connectivity index (χ1n) is 7.00. The molecule has 6 heteroatoms. The summed E-state index contributed by atoms with van der Waals surface area (Å²) in [5.74, 6) is 0. The monoisotopic (exact) mass is 410 g/mol. The van der Waals surface area contributed by atoms with Crippen molar-refractivity contribution < 1.29 is 9.53 Å². The standard InChI is InChI=1S/C14H27IN2O2Si/c1-10(19-20(6,7)14(3,4)5)8-17-12(9-18)13(15)11(2)16-17/h10,18H,8-9H2,1-7H3/t10-/m0/s1. The van der Waals surface area contributed by atoms with Crippen molar-refractivity contribution in [2.24, 2.45) is 0 Å². The molecule has 1 N–H and O–H groups in total. The van der Waals surface area contributed by atoms with Crippen LogP contribution in [0, 0.1) is 10.5 Å². The highest BCUT2D eigenvalue weighted by Crippen LogP contribution is 2.37.